The van der Waals surface area contributed by atoms with E-state index in [1.165, 1.54) is 5.56 Å². The first-order valence-electron chi connectivity index (χ1n) is 7.03. The Morgan fingerprint density at radius 3 is 2.62 bits per heavy atom. The average Bonchev–Trinajstić information content (AvgIpc) is 2.90. The molecule has 114 valence electrons. The van der Waals surface area contributed by atoms with E-state index in [1.807, 2.05) is 24.1 Å². The van der Waals surface area contributed by atoms with Crippen LogP contribution in [0.25, 0.3) is 0 Å². The summed E-state index contributed by atoms with van der Waals surface area (Å²) in [7, 11) is 1.95. The number of nitrogens with zero attached hydrogens (tertiary/aromatic N) is 3. The first-order valence-corrected chi connectivity index (χ1v) is 7.82. The van der Waals surface area contributed by atoms with Gasteiger partial charge in [0.2, 0.25) is 5.89 Å². The van der Waals surface area contributed by atoms with E-state index in [0.717, 1.165) is 17.6 Å². The minimum atomic E-state index is 0.541. The van der Waals surface area contributed by atoms with Gasteiger partial charge in [-0.05, 0) is 30.2 Å². The van der Waals surface area contributed by atoms with Crippen LogP contribution in [-0.4, -0.2) is 23.8 Å². The Bertz CT molecular complexity index is 553. The van der Waals surface area contributed by atoms with Gasteiger partial charge in [-0.25, -0.2) is 0 Å². The standard InChI is InChI=1S/C15H21BrN4O/c1-11(2)8-17-9-14-18-19-15(21-14)20(3)10-12-4-6-13(16)7-5-12/h4-7,11,17H,8-10H2,1-3H3. The summed E-state index contributed by atoms with van der Waals surface area (Å²) in [4.78, 5) is 1.95. The lowest BCUT2D eigenvalue weighted by Gasteiger charge is -2.13. The lowest BCUT2D eigenvalue weighted by Crippen LogP contribution is -2.19. The predicted molar refractivity (Wildman–Crippen MR) is 87.1 cm³/mol. The van der Waals surface area contributed by atoms with Crippen molar-refractivity contribution in [3.63, 3.8) is 0 Å². The topological polar surface area (TPSA) is 54.2 Å². The first-order chi connectivity index (χ1) is 10.0. The van der Waals surface area contributed by atoms with Crippen molar-refractivity contribution in [2.45, 2.75) is 26.9 Å². The van der Waals surface area contributed by atoms with Gasteiger partial charge >= 0.3 is 6.01 Å². The zero-order chi connectivity index (χ0) is 15.2. The monoisotopic (exact) mass is 352 g/mol. The number of benzene rings is 1. The van der Waals surface area contributed by atoms with Crippen LogP contribution < -0.4 is 10.2 Å². The highest BCUT2D eigenvalue weighted by Crippen LogP contribution is 2.16. The number of rotatable bonds is 7. The van der Waals surface area contributed by atoms with Gasteiger partial charge in [0.15, 0.2) is 0 Å². The molecule has 21 heavy (non-hydrogen) atoms. The van der Waals surface area contributed by atoms with Gasteiger partial charge in [0.25, 0.3) is 0 Å². The maximum absolute atomic E-state index is 5.66. The molecule has 1 heterocycles. The van der Waals surface area contributed by atoms with Crippen molar-refractivity contribution >= 4 is 21.9 Å². The number of hydrogen-bond donors (Lipinski definition) is 1. The molecule has 1 aromatic carbocycles. The van der Waals surface area contributed by atoms with E-state index in [9.17, 15) is 0 Å². The van der Waals surface area contributed by atoms with Gasteiger partial charge < -0.3 is 14.6 Å². The van der Waals surface area contributed by atoms with Crippen LogP contribution in [0.5, 0.6) is 0 Å². The van der Waals surface area contributed by atoms with Crippen molar-refractivity contribution in [3.05, 3.63) is 40.2 Å². The molecule has 0 aliphatic rings. The largest absolute Gasteiger partial charge is 0.407 e. The molecule has 0 saturated carbocycles. The van der Waals surface area contributed by atoms with E-state index in [2.05, 4.69) is 57.4 Å². The van der Waals surface area contributed by atoms with Crippen molar-refractivity contribution in [1.82, 2.24) is 15.5 Å². The molecule has 0 saturated heterocycles. The van der Waals surface area contributed by atoms with Crippen LogP contribution >= 0.6 is 15.9 Å². The molecule has 0 spiro atoms. The minimum Gasteiger partial charge on any atom is -0.407 e. The molecule has 0 fully saturated rings. The second kappa shape index (κ2) is 7.56. The maximum atomic E-state index is 5.66. The van der Waals surface area contributed by atoms with Crippen LogP contribution in [0.4, 0.5) is 6.01 Å². The van der Waals surface area contributed by atoms with Gasteiger partial charge in [0.1, 0.15) is 0 Å². The van der Waals surface area contributed by atoms with Crippen LogP contribution in [0, 0.1) is 5.92 Å². The van der Waals surface area contributed by atoms with E-state index in [4.69, 9.17) is 4.42 Å². The van der Waals surface area contributed by atoms with Crippen LogP contribution in [0.1, 0.15) is 25.3 Å². The molecule has 0 bridgehead atoms. The van der Waals surface area contributed by atoms with Gasteiger partial charge in [-0.1, -0.05) is 47.0 Å². The molecule has 0 aliphatic heterocycles. The summed E-state index contributed by atoms with van der Waals surface area (Å²) < 4.78 is 6.73. The van der Waals surface area contributed by atoms with Crippen LogP contribution in [0.15, 0.2) is 33.2 Å². The number of aromatic nitrogens is 2. The summed E-state index contributed by atoms with van der Waals surface area (Å²) in [5.74, 6) is 1.22. The summed E-state index contributed by atoms with van der Waals surface area (Å²) in [6, 6.07) is 8.74. The summed E-state index contributed by atoms with van der Waals surface area (Å²) in [6.45, 7) is 6.61. The van der Waals surface area contributed by atoms with Crippen LogP contribution in [0.2, 0.25) is 0 Å². The molecule has 0 amide bonds. The predicted octanol–water partition coefficient (Wildman–Crippen LogP) is 3.21. The fourth-order valence-corrected chi connectivity index (χ4v) is 2.13. The van der Waals surface area contributed by atoms with Gasteiger partial charge in [-0.2, -0.15) is 0 Å². The summed E-state index contributed by atoms with van der Waals surface area (Å²) in [5.41, 5.74) is 1.19. The molecule has 2 aromatic rings. The highest BCUT2D eigenvalue weighted by molar-refractivity contribution is 9.10. The van der Waals surface area contributed by atoms with E-state index in [0.29, 0.717) is 24.4 Å². The Balaban J connectivity index is 1.89. The fraction of sp³-hybridized carbons (Fsp3) is 0.467. The molecule has 1 aromatic heterocycles. The number of nitrogens with one attached hydrogen (secondary N) is 1. The van der Waals surface area contributed by atoms with Gasteiger partial charge in [0, 0.05) is 18.1 Å². The van der Waals surface area contributed by atoms with Crippen LogP contribution in [-0.2, 0) is 13.1 Å². The van der Waals surface area contributed by atoms with E-state index in [-0.39, 0.29) is 0 Å². The lowest BCUT2D eigenvalue weighted by atomic mass is 10.2. The number of anilines is 1. The van der Waals surface area contributed by atoms with Gasteiger partial charge in [-0.3, -0.25) is 0 Å². The Kier molecular flexibility index (Phi) is 5.76. The molecular weight excluding hydrogens is 332 g/mol. The zero-order valence-electron chi connectivity index (χ0n) is 12.6. The Hall–Kier alpha value is -1.40. The second-order valence-electron chi connectivity index (χ2n) is 5.49. The highest BCUT2D eigenvalue weighted by Gasteiger charge is 2.11. The quantitative estimate of drug-likeness (QED) is 0.828. The lowest BCUT2D eigenvalue weighted by molar-refractivity contribution is 0.450. The average molecular weight is 353 g/mol. The Morgan fingerprint density at radius 2 is 1.95 bits per heavy atom. The summed E-state index contributed by atoms with van der Waals surface area (Å²) in [6.07, 6.45) is 0. The first kappa shape index (κ1) is 16.0. The molecule has 5 nitrogen and oxygen atoms in total. The summed E-state index contributed by atoms with van der Waals surface area (Å²) in [5, 5.41) is 11.4. The zero-order valence-corrected chi connectivity index (χ0v) is 14.2. The highest BCUT2D eigenvalue weighted by atomic mass is 79.9. The SMILES string of the molecule is CC(C)CNCc1nnc(N(C)Cc2ccc(Br)cc2)o1. The van der Waals surface area contributed by atoms with Crippen molar-refractivity contribution in [2.75, 3.05) is 18.5 Å². The van der Waals surface area contributed by atoms with E-state index < -0.39 is 0 Å². The number of hydrogen-bond acceptors (Lipinski definition) is 5. The third kappa shape index (κ3) is 5.13. The second-order valence-corrected chi connectivity index (χ2v) is 6.40. The summed E-state index contributed by atoms with van der Waals surface area (Å²) >= 11 is 3.43. The van der Waals surface area contributed by atoms with E-state index in [1.54, 1.807) is 0 Å². The van der Waals surface area contributed by atoms with Gasteiger partial charge in [0.05, 0.1) is 6.54 Å². The fourth-order valence-electron chi connectivity index (χ4n) is 1.87. The van der Waals surface area contributed by atoms with Crippen molar-refractivity contribution in [1.29, 1.82) is 0 Å². The van der Waals surface area contributed by atoms with Crippen LogP contribution in [0.3, 0.4) is 0 Å². The molecule has 0 aliphatic carbocycles. The Morgan fingerprint density at radius 1 is 1.24 bits per heavy atom. The molecule has 2 rings (SSSR count). The normalized spacial score (nSPS) is 11.1. The molecule has 6 heteroatoms. The maximum Gasteiger partial charge on any atom is 0.318 e. The van der Waals surface area contributed by atoms with Crippen molar-refractivity contribution in [3.8, 4) is 0 Å². The third-order valence-electron chi connectivity index (χ3n) is 2.94. The molecular formula is C15H21BrN4O. The van der Waals surface area contributed by atoms with Gasteiger partial charge in [-0.15, -0.1) is 5.10 Å². The van der Waals surface area contributed by atoms with Crippen molar-refractivity contribution in [2.24, 2.45) is 5.92 Å². The van der Waals surface area contributed by atoms with E-state index >= 15 is 0 Å². The third-order valence-corrected chi connectivity index (χ3v) is 3.47. The molecule has 0 unspecified atom stereocenters. The minimum absolute atomic E-state index is 0.541. The molecule has 0 radical (unpaired) electrons. The van der Waals surface area contributed by atoms with Crippen molar-refractivity contribution < 1.29 is 4.42 Å². The smallest absolute Gasteiger partial charge is 0.318 e. The molecule has 1 N–H and O–H groups in total. The Labute approximate surface area is 133 Å². The number of halogens is 1. The molecule has 0 atom stereocenters.